The summed E-state index contributed by atoms with van der Waals surface area (Å²) < 4.78 is 2.14. The fraction of sp³-hybridized carbons (Fsp3) is 0.385. The number of hydrogen-bond donors (Lipinski definition) is 1. The molecule has 3 nitrogen and oxygen atoms in total. The molecule has 2 aromatic rings. The van der Waals surface area contributed by atoms with E-state index < -0.39 is 0 Å². The lowest BCUT2D eigenvalue weighted by atomic mass is 10.2. The van der Waals surface area contributed by atoms with Crippen molar-refractivity contribution in [1.82, 2.24) is 9.47 Å². The van der Waals surface area contributed by atoms with Crippen molar-refractivity contribution in [2.45, 2.75) is 0 Å². The van der Waals surface area contributed by atoms with Crippen LogP contribution in [0.4, 0.5) is 5.69 Å². The van der Waals surface area contributed by atoms with Gasteiger partial charge in [0.25, 0.3) is 0 Å². The van der Waals surface area contributed by atoms with E-state index in [2.05, 4.69) is 66.4 Å². The highest BCUT2D eigenvalue weighted by Gasteiger charge is 1.99. The van der Waals surface area contributed by atoms with Gasteiger partial charge in [0.05, 0.1) is 0 Å². The molecule has 0 aliphatic carbocycles. The van der Waals surface area contributed by atoms with E-state index >= 15 is 0 Å². The monoisotopic (exact) mass is 217 g/mol. The van der Waals surface area contributed by atoms with Gasteiger partial charge in [-0.1, -0.05) is 0 Å². The van der Waals surface area contributed by atoms with Gasteiger partial charge < -0.3 is 14.8 Å². The number of aryl methyl sites for hydroxylation is 1. The highest BCUT2D eigenvalue weighted by molar-refractivity contribution is 5.83. The molecular formula is C13H19N3. The molecule has 86 valence electrons. The Morgan fingerprint density at radius 3 is 2.81 bits per heavy atom. The van der Waals surface area contributed by atoms with E-state index in [-0.39, 0.29) is 0 Å². The SMILES string of the molecule is CN(C)CCNc1ccc2c(ccn2C)c1. The number of hydrogen-bond acceptors (Lipinski definition) is 2. The van der Waals surface area contributed by atoms with E-state index in [1.54, 1.807) is 0 Å². The zero-order chi connectivity index (χ0) is 11.5. The summed E-state index contributed by atoms with van der Waals surface area (Å²) in [5.41, 5.74) is 2.47. The third-order valence-corrected chi connectivity index (χ3v) is 2.77. The Morgan fingerprint density at radius 1 is 1.25 bits per heavy atom. The first-order valence-electron chi connectivity index (χ1n) is 5.60. The normalized spacial score (nSPS) is 11.2. The molecule has 0 saturated heterocycles. The molecule has 16 heavy (non-hydrogen) atoms. The van der Waals surface area contributed by atoms with Gasteiger partial charge >= 0.3 is 0 Å². The highest BCUT2D eigenvalue weighted by Crippen LogP contribution is 2.19. The van der Waals surface area contributed by atoms with Crippen LogP contribution in [0.3, 0.4) is 0 Å². The zero-order valence-corrected chi connectivity index (χ0v) is 10.2. The summed E-state index contributed by atoms with van der Waals surface area (Å²) in [6.45, 7) is 2.03. The van der Waals surface area contributed by atoms with E-state index in [1.165, 1.54) is 16.6 Å². The van der Waals surface area contributed by atoms with Crippen LogP contribution in [0.15, 0.2) is 30.5 Å². The maximum atomic E-state index is 3.43. The fourth-order valence-electron chi connectivity index (χ4n) is 1.82. The molecule has 0 atom stereocenters. The molecule has 0 unspecified atom stereocenters. The van der Waals surface area contributed by atoms with Crippen molar-refractivity contribution in [3.8, 4) is 0 Å². The molecule has 0 spiro atoms. The van der Waals surface area contributed by atoms with Crippen molar-refractivity contribution in [1.29, 1.82) is 0 Å². The molecule has 0 amide bonds. The van der Waals surface area contributed by atoms with Crippen molar-refractivity contribution in [3.05, 3.63) is 30.5 Å². The maximum absolute atomic E-state index is 3.43. The second kappa shape index (κ2) is 4.58. The van der Waals surface area contributed by atoms with E-state index in [0.29, 0.717) is 0 Å². The van der Waals surface area contributed by atoms with Gasteiger partial charge in [0.15, 0.2) is 0 Å². The summed E-state index contributed by atoms with van der Waals surface area (Å²) >= 11 is 0. The van der Waals surface area contributed by atoms with Crippen molar-refractivity contribution in [2.24, 2.45) is 7.05 Å². The van der Waals surface area contributed by atoms with E-state index in [1.807, 2.05) is 0 Å². The topological polar surface area (TPSA) is 20.2 Å². The first kappa shape index (κ1) is 11.0. The molecule has 1 aromatic heterocycles. The summed E-state index contributed by atoms with van der Waals surface area (Å²) in [5.74, 6) is 0. The molecule has 1 heterocycles. The van der Waals surface area contributed by atoms with Gasteiger partial charge in [0, 0.05) is 42.9 Å². The molecule has 0 radical (unpaired) electrons. The van der Waals surface area contributed by atoms with Crippen LogP contribution in [0.25, 0.3) is 10.9 Å². The Labute approximate surface area is 96.7 Å². The minimum atomic E-state index is 0.978. The van der Waals surface area contributed by atoms with E-state index in [0.717, 1.165) is 13.1 Å². The van der Waals surface area contributed by atoms with Crippen molar-refractivity contribution < 1.29 is 0 Å². The summed E-state index contributed by atoms with van der Waals surface area (Å²) in [7, 11) is 6.24. The third-order valence-electron chi connectivity index (χ3n) is 2.77. The smallest absolute Gasteiger partial charge is 0.0479 e. The second-order valence-corrected chi connectivity index (χ2v) is 4.43. The molecular weight excluding hydrogens is 198 g/mol. The minimum absolute atomic E-state index is 0.978. The number of nitrogens with one attached hydrogen (secondary N) is 1. The van der Waals surface area contributed by atoms with E-state index in [4.69, 9.17) is 0 Å². The van der Waals surface area contributed by atoms with Gasteiger partial charge in [-0.2, -0.15) is 0 Å². The Kier molecular flexibility index (Phi) is 3.15. The van der Waals surface area contributed by atoms with Gasteiger partial charge in [-0.05, 0) is 38.4 Å². The molecule has 0 saturated carbocycles. The van der Waals surface area contributed by atoms with Gasteiger partial charge in [-0.3, -0.25) is 0 Å². The molecule has 0 aliphatic rings. The number of rotatable bonds is 4. The van der Waals surface area contributed by atoms with Gasteiger partial charge in [0.1, 0.15) is 0 Å². The number of anilines is 1. The lowest BCUT2D eigenvalue weighted by Crippen LogP contribution is -2.20. The third kappa shape index (κ3) is 2.36. The first-order valence-corrected chi connectivity index (χ1v) is 5.60. The van der Waals surface area contributed by atoms with E-state index in [9.17, 15) is 0 Å². The summed E-state index contributed by atoms with van der Waals surface area (Å²) in [5, 5.41) is 4.72. The van der Waals surface area contributed by atoms with Crippen LogP contribution in [0.1, 0.15) is 0 Å². The number of fused-ring (bicyclic) bond motifs is 1. The fourth-order valence-corrected chi connectivity index (χ4v) is 1.82. The lowest BCUT2D eigenvalue weighted by Gasteiger charge is -2.11. The van der Waals surface area contributed by atoms with Crippen molar-refractivity contribution in [3.63, 3.8) is 0 Å². The average Bonchev–Trinajstić information content (AvgIpc) is 2.60. The lowest BCUT2D eigenvalue weighted by molar-refractivity contribution is 0.425. The van der Waals surface area contributed by atoms with Crippen LogP contribution in [-0.2, 0) is 7.05 Å². The van der Waals surface area contributed by atoms with Gasteiger partial charge in [-0.15, -0.1) is 0 Å². The molecule has 1 N–H and O–H groups in total. The average molecular weight is 217 g/mol. The van der Waals surface area contributed by atoms with Crippen molar-refractivity contribution in [2.75, 3.05) is 32.5 Å². The predicted molar refractivity (Wildman–Crippen MR) is 70.0 cm³/mol. The Bertz CT molecular complexity index is 471. The van der Waals surface area contributed by atoms with Gasteiger partial charge in [0.2, 0.25) is 0 Å². The van der Waals surface area contributed by atoms with Crippen LogP contribution in [-0.4, -0.2) is 36.7 Å². The Balaban J connectivity index is 2.08. The number of nitrogens with zero attached hydrogens (tertiary/aromatic N) is 2. The molecule has 0 aliphatic heterocycles. The summed E-state index contributed by atoms with van der Waals surface area (Å²) in [6.07, 6.45) is 2.09. The molecule has 3 heteroatoms. The van der Waals surface area contributed by atoms with Crippen LogP contribution in [0, 0.1) is 0 Å². The Hall–Kier alpha value is -1.48. The van der Waals surface area contributed by atoms with Gasteiger partial charge in [-0.25, -0.2) is 0 Å². The summed E-state index contributed by atoms with van der Waals surface area (Å²) in [4.78, 5) is 2.17. The van der Waals surface area contributed by atoms with Crippen LogP contribution in [0.5, 0.6) is 0 Å². The molecule has 2 rings (SSSR count). The summed E-state index contributed by atoms with van der Waals surface area (Å²) in [6, 6.07) is 8.64. The largest absolute Gasteiger partial charge is 0.384 e. The highest BCUT2D eigenvalue weighted by atomic mass is 15.1. The number of benzene rings is 1. The van der Waals surface area contributed by atoms with Crippen LogP contribution < -0.4 is 5.32 Å². The predicted octanol–water partition coefficient (Wildman–Crippen LogP) is 2.15. The van der Waals surface area contributed by atoms with Crippen molar-refractivity contribution >= 4 is 16.6 Å². The number of aromatic nitrogens is 1. The molecule has 0 fully saturated rings. The second-order valence-electron chi connectivity index (χ2n) is 4.43. The zero-order valence-electron chi connectivity index (χ0n) is 10.2. The maximum Gasteiger partial charge on any atom is 0.0479 e. The van der Waals surface area contributed by atoms with Crippen LogP contribution >= 0.6 is 0 Å². The first-order chi connectivity index (χ1) is 7.66. The van der Waals surface area contributed by atoms with Crippen LogP contribution in [0.2, 0.25) is 0 Å². The molecule has 0 bridgehead atoms. The number of likely N-dealkylation sites (N-methyl/N-ethyl adjacent to an activating group) is 1. The quantitative estimate of drug-likeness (QED) is 0.847. The molecule has 1 aromatic carbocycles. The Morgan fingerprint density at radius 2 is 2.06 bits per heavy atom. The standard InChI is InChI=1S/C13H19N3/c1-15(2)9-7-14-12-4-5-13-11(10-12)6-8-16(13)3/h4-6,8,10,14H,7,9H2,1-3H3. The minimum Gasteiger partial charge on any atom is -0.384 e.